The Morgan fingerprint density at radius 3 is 2.73 bits per heavy atom. The summed E-state index contributed by atoms with van der Waals surface area (Å²) in [5, 5.41) is 14.9. The summed E-state index contributed by atoms with van der Waals surface area (Å²) < 4.78 is 1.08. The monoisotopic (exact) mass is 233 g/mol. The number of thiophene rings is 1. The zero-order valence-corrected chi connectivity index (χ0v) is 8.20. The Hall–Kier alpha value is 0.1000. The van der Waals surface area contributed by atoms with Crippen LogP contribution in [-0.2, 0) is 5.60 Å². The molecule has 0 radical (unpaired) electrons. The topological polar surface area (TPSA) is 32.3 Å². The molecule has 1 fully saturated rings. The predicted molar refractivity (Wildman–Crippen MR) is 48.8 cm³/mol. The number of nitrogens with one attached hydrogen (secondary N) is 1. The lowest BCUT2D eigenvalue weighted by Gasteiger charge is -2.37. The fourth-order valence-electron chi connectivity index (χ4n) is 1.12. The van der Waals surface area contributed by atoms with Crippen molar-refractivity contribution >= 4 is 27.3 Å². The van der Waals surface area contributed by atoms with Crippen LogP contribution in [0.25, 0.3) is 0 Å². The van der Waals surface area contributed by atoms with Gasteiger partial charge in [-0.2, -0.15) is 0 Å². The molecule has 0 spiro atoms. The third kappa shape index (κ3) is 1.24. The molecule has 0 unspecified atom stereocenters. The van der Waals surface area contributed by atoms with Crippen molar-refractivity contribution in [3.8, 4) is 0 Å². The van der Waals surface area contributed by atoms with Crippen LogP contribution in [0.3, 0.4) is 0 Å². The van der Waals surface area contributed by atoms with Crippen LogP contribution in [0.5, 0.6) is 0 Å². The van der Waals surface area contributed by atoms with Gasteiger partial charge in [-0.15, -0.1) is 11.3 Å². The molecular formula is C7H8BrNOS. The van der Waals surface area contributed by atoms with Crippen molar-refractivity contribution in [3.63, 3.8) is 0 Å². The minimum Gasteiger partial charge on any atom is -0.382 e. The molecule has 0 bridgehead atoms. The first-order valence-corrected chi connectivity index (χ1v) is 5.06. The van der Waals surface area contributed by atoms with Crippen LogP contribution in [-0.4, -0.2) is 18.2 Å². The second-order valence-electron chi connectivity index (χ2n) is 2.77. The molecule has 0 amide bonds. The summed E-state index contributed by atoms with van der Waals surface area (Å²) in [7, 11) is 0. The maximum atomic E-state index is 9.82. The number of hydrogen-bond acceptors (Lipinski definition) is 3. The number of β-amino-alcohol motifs (C(OH)–C–C–N with tert-alkyl or cyclic N) is 1. The SMILES string of the molecule is OC1(c2csc(Br)c2)CNC1. The highest BCUT2D eigenvalue weighted by atomic mass is 79.9. The van der Waals surface area contributed by atoms with E-state index in [0.717, 1.165) is 9.35 Å². The maximum Gasteiger partial charge on any atom is 0.115 e. The van der Waals surface area contributed by atoms with Gasteiger partial charge in [0.05, 0.1) is 3.79 Å². The van der Waals surface area contributed by atoms with Gasteiger partial charge in [-0.1, -0.05) is 0 Å². The molecule has 2 heterocycles. The van der Waals surface area contributed by atoms with Crippen LogP contribution in [0, 0.1) is 0 Å². The number of rotatable bonds is 1. The van der Waals surface area contributed by atoms with Gasteiger partial charge in [-0.25, -0.2) is 0 Å². The molecule has 60 valence electrons. The first-order chi connectivity index (χ1) is 5.21. The third-order valence-electron chi connectivity index (χ3n) is 1.94. The largest absolute Gasteiger partial charge is 0.382 e. The van der Waals surface area contributed by atoms with Gasteiger partial charge in [-0.3, -0.25) is 0 Å². The van der Waals surface area contributed by atoms with Gasteiger partial charge in [0.25, 0.3) is 0 Å². The van der Waals surface area contributed by atoms with E-state index in [-0.39, 0.29) is 0 Å². The summed E-state index contributed by atoms with van der Waals surface area (Å²) in [5.74, 6) is 0. The van der Waals surface area contributed by atoms with Gasteiger partial charge >= 0.3 is 0 Å². The van der Waals surface area contributed by atoms with Crippen molar-refractivity contribution in [2.24, 2.45) is 0 Å². The smallest absolute Gasteiger partial charge is 0.115 e. The highest BCUT2D eigenvalue weighted by Gasteiger charge is 2.36. The van der Waals surface area contributed by atoms with E-state index in [1.54, 1.807) is 11.3 Å². The maximum absolute atomic E-state index is 9.82. The van der Waals surface area contributed by atoms with Crippen molar-refractivity contribution in [1.82, 2.24) is 5.32 Å². The molecule has 2 rings (SSSR count). The molecule has 0 aromatic carbocycles. The van der Waals surface area contributed by atoms with Gasteiger partial charge in [0.1, 0.15) is 5.60 Å². The lowest BCUT2D eigenvalue weighted by molar-refractivity contribution is -0.0143. The Balaban J connectivity index is 2.28. The summed E-state index contributed by atoms with van der Waals surface area (Å²) in [5.41, 5.74) is 0.427. The molecule has 0 aliphatic carbocycles. The summed E-state index contributed by atoms with van der Waals surface area (Å²) in [6.45, 7) is 1.35. The second kappa shape index (κ2) is 2.55. The van der Waals surface area contributed by atoms with E-state index in [2.05, 4.69) is 21.2 Å². The Bertz CT molecular complexity index is 269. The van der Waals surface area contributed by atoms with Crippen molar-refractivity contribution < 1.29 is 5.11 Å². The van der Waals surface area contributed by atoms with E-state index in [9.17, 15) is 5.11 Å². The van der Waals surface area contributed by atoms with Crippen molar-refractivity contribution in [2.45, 2.75) is 5.60 Å². The summed E-state index contributed by atoms with van der Waals surface area (Å²) in [6.07, 6.45) is 0. The molecule has 1 aliphatic rings. The van der Waals surface area contributed by atoms with E-state index < -0.39 is 5.60 Å². The Labute approximate surface area is 77.4 Å². The molecule has 11 heavy (non-hydrogen) atoms. The number of halogens is 1. The molecule has 1 saturated heterocycles. The zero-order valence-electron chi connectivity index (χ0n) is 5.80. The number of hydrogen-bond donors (Lipinski definition) is 2. The van der Waals surface area contributed by atoms with Gasteiger partial charge in [0.15, 0.2) is 0 Å². The molecule has 1 aliphatic heterocycles. The Morgan fingerprint density at radius 1 is 1.64 bits per heavy atom. The average Bonchev–Trinajstić information content (AvgIpc) is 2.31. The normalized spacial score (nSPS) is 21.3. The van der Waals surface area contributed by atoms with Crippen LogP contribution in [0.15, 0.2) is 15.2 Å². The summed E-state index contributed by atoms with van der Waals surface area (Å²) in [4.78, 5) is 0. The van der Waals surface area contributed by atoms with Crippen LogP contribution >= 0.6 is 27.3 Å². The van der Waals surface area contributed by atoms with Gasteiger partial charge < -0.3 is 10.4 Å². The van der Waals surface area contributed by atoms with Crippen molar-refractivity contribution in [3.05, 3.63) is 20.8 Å². The fourth-order valence-corrected chi connectivity index (χ4v) is 2.37. The van der Waals surface area contributed by atoms with Gasteiger partial charge in [0, 0.05) is 13.1 Å². The molecule has 1 aromatic heterocycles. The van der Waals surface area contributed by atoms with E-state index >= 15 is 0 Å². The first kappa shape index (κ1) is 7.73. The first-order valence-electron chi connectivity index (χ1n) is 3.38. The van der Waals surface area contributed by atoms with Crippen LogP contribution < -0.4 is 5.32 Å². The van der Waals surface area contributed by atoms with E-state index in [0.29, 0.717) is 13.1 Å². The molecule has 1 aromatic rings. The highest BCUT2D eigenvalue weighted by molar-refractivity contribution is 9.11. The van der Waals surface area contributed by atoms with Crippen molar-refractivity contribution in [1.29, 1.82) is 0 Å². The minimum atomic E-state index is -0.595. The van der Waals surface area contributed by atoms with E-state index in [4.69, 9.17) is 0 Å². The van der Waals surface area contributed by atoms with Gasteiger partial charge in [0.2, 0.25) is 0 Å². The highest BCUT2D eigenvalue weighted by Crippen LogP contribution is 2.31. The number of aliphatic hydroxyl groups is 1. The minimum absolute atomic E-state index is 0.595. The second-order valence-corrected chi connectivity index (χ2v) is 5.07. The van der Waals surface area contributed by atoms with E-state index in [1.807, 2.05) is 11.4 Å². The molecule has 0 saturated carbocycles. The molecule has 0 atom stereocenters. The summed E-state index contributed by atoms with van der Waals surface area (Å²) >= 11 is 4.97. The van der Waals surface area contributed by atoms with Crippen molar-refractivity contribution in [2.75, 3.05) is 13.1 Å². The van der Waals surface area contributed by atoms with E-state index in [1.165, 1.54) is 0 Å². The van der Waals surface area contributed by atoms with Crippen LogP contribution in [0.1, 0.15) is 5.56 Å². The summed E-state index contributed by atoms with van der Waals surface area (Å²) in [6, 6.07) is 1.98. The molecular weight excluding hydrogens is 226 g/mol. The Morgan fingerprint density at radius 2 is 2.36 bits per heavy atom. The third-order valence-corrected chi connectivity index (χ3v) is 3.44. The molecule has 2 nitrogen and oxygen atoms in total. The van der Waals surface area contributed by atoms with Crippen LogP contribution in [0.4, 0.5) is 0 Å². The molecule has 2 N–H and O–H groups in total. The zero-order chi connectivity index (χ0) is 7.90. The fraction of sp³-hybridized carbons (Fsp3) is 0.429. The van der Waals surface area contributed by atoms with Crippen LogP contribution in [0.2, 0.25) is 0 Å². The molecule has 4 heteroatoms. The predicted octanol–water partition coefficient (Wildman–Crippen LogP) is 1.30. The lowest BCUT2D eigenvalue weighted by atomic mass is 9.91. The van der Waals surface area contributed by atoms with Gasteiger partial charge in [-0.05, 0) is 32.9 Å². The quantitative estimate of drug-likeness (QED) is 0.767. The average molecular weight is 234 g/mol. The Kier molecular flexibility index (Phi) is 1.79. The standard InChI is InChI=1S/C7H8BrNOS/c8-6-1-5(2-11-6)7(10)3-9-4-7/h1-2,9-10H,3-4H2. The lowest BCUT2D eigenvalue weighted by Crippen LogP contribution is -2.56.